The van der Waals surface area contributed by atoms with E-state index in [0.29, 0.717) is 18.6 Å². The molecule has 6 N–H and O–H groups in total. The summed E-state index contributed by atoms with van der Waals surface area (Å²) in [7, 11) is 0. The predicted octanol–water partition coefficient (Wildman–Crippen LogP) is -0.990. The Morgan fingerprint density at radius 2 is 1.54 bits per heavy atom. The average Bonchev–Trinajstić information content (AvgIpc) is 2.60. The molecule has 0 saturated heterocycles. The van der Waals surface area contributed by atoms with Crippen LogP contribution in [0.15, 0.2) is 0 Å². The molecule has 9 nitrogen and oxygen atoms in total. The summed E-state index contributed by atoms with van der Waals surface area (Å²) in [5.74, 6) is -1.35. The first-order valence-electron chi connectivity index (χ1n) is 8.06. The van der Waals surface area contributed by atoms with Gasteiger partial charge in [-0.15, -0.1) is 0 Å². The number of carbonyl (C=O) groups excluding carboxylic acids is 3. The molecule has 0 aromatic heterocycles. The zero-order valence-corrected chi connectivity index (χ0v) is 16.9. The number of nitrogens with two attached hydrogens (primary N) is 1. The minimum Gasteiger partial charge on any atom is -0.480 e. The van der Waals surface area contributed by atoms with Crippen molar-refractivity contribution in [1.82, 2.24) is 16.0 Å². The molecule has 0 radical (unpaired) electrons. The highest BCUT2D eigenvalue weighted by Crippen LogP contribution is 2.04. The van der Waals surface area contributed by atoms with E-state index in [0.717, 1.165) is 5.75 Å². The van der Waals surface area contributed by atoms with E-state index in [1.807, 2.05) is 12.5 Å². The highest BCUT2D eigenvalue weighted by Gasteiger charge is 2.26. The number of hydrogen-bond donors (Lipinski definition) is 5. The van der Waals surface area contributed by atoms with Crippen molar-refractivity contribution in [2.24, 2.45) is 5.73 Å². The number of amides is 3. The summed E-state index contributed by atoms with van der Waals surface area (Å²) >= 11 is 3.10. The van der Waals surface area contributed by atoms with Gasteiger partial charge in [-0.1, -0.05) is 0 Å². The largest absolute Gasteiger partial charge is 0.480 e. The van der Waals surface area contributed by atoms with E-state index >= 15 is 0 Å². The summed E-state index contributed by atoms with van der Waals surface area (Å²) in [6.45, 7) is 0.905. The Morgan fingerprint density at radius 3 is 2.08 bits per heavy atom. The van der Waals surface area contributed by atoms with E-state index in [9.17, 15) is 19.2 Å². The molecule has 0 aliphatic rings. The van der Waals surface area contributed by atoms with Crippen LogP contribution in [0.25, 0.3) is 0 Å². The van der Waals surface area contributed by atoms with Gasteiger partial charge < -0.3 is 26.8 Å². The lowest BCUT2D eigenvalue weighted by atomic mass is 10.1. The highest BCUT2D eigenvalue weighted by molar-refractivity contribution is 7.98. The Hall–Kier alpha value is -1.46. The molecule has 0 aromatic carbocycles. The number of carbonyl (C=O) groups is 4. The normalized spacial score (nSPS) is 14.0. The average molecular weight is 409 g/mol. The lowest BCUT2D eigenvalue weighted by Crippen LogP contribution is -2.55. The van der Waals surface area contributed by atoms with Gasteiger partial charge in [0.25, 0.3) is 0 Å². The van der Waals surface area contributed by atoms with Gasteiger partial charge in [0.2, 0.25) is 17.7 Å². The molecule has 3 amide bonds. The van der Waals surface area contributed by atoms with Gasteiger partial charge in [-0.05, 0) is 43.8 Å². The van der Waals surface area contributed by atoms with Crippen LogP contribution in [-0.2, 0) is 19.2 Å². The van der Waals surface area contributed by atoms with Crippen molar-refractivity contribution < 1.29 is 24.3 Å². The van der Waals surface area contributed by atoms with Gasteiger partial charge in [0, 0.05) is 0 Å². The first kappa shape index (κ1) is 24.5. The standard InChI is InChI=1S/C15H28N4O5S2/c1-9(13(22)17-8-12(20)21)18-15(24)11(5-7-26-3)19-14(23)10(16)4-6-25-2/h9-11H,4-8,16H2,1-3H3,(H,17,22)(H,18,24)(H,19,23)(H,20,21). The molecule has 11 heteroatoms. The van der Waals surface area contributed by atoms with E-state index in [4.69, 9.17) is 10.8 Å². The van der Waals surface area contributed by atoms with Gasteiger partial charge in [-0.3, -0.25) is 19.2 Å². The first-order valence-corrected chi connectivity index (χ1v) is 10.8. The van der Waals surface area contributed by atoms with Crippen LogP contribution in [-0.4, -0.2) is 77.5 Å². The summed E-state index contributed by atoms with van der Waals surface area (Å²) in [6, 6.07) is -2.45. The topological polar surface area (TPSA) is 151 Å². The molecule has 0 bridgehead atoms. The second-order valence-corrected chi connectivity index (χ2v) is 7.54. The number of hydrogen-bond acceptors (Lipinski definition) is 7. The van der Waals surface area contributed by atoms with Crippen molar-refractivity contribution in [2.45, 2.75) is 37.9 Å². The monoisotopic (exact) mass is 408 g/mol. The number of aliphatic carboxylic acids is 1. The molecule has 3 unspecified atom stereocenters. The third-order valence-corrected chi connectivity index (χ3v) is 4.67. The third kappa shape index (κ3) is 10.5. The zero-order valence-electron chi connectivity index (χ0n) is 15.2. The molecule has 0 aliphatic heterocycles. The molecule has 0 fully saturated rings. The van der Waals surface area contributed by atoms with Crippen molar-refractivity contribution in [1.29, 1.82) is 0 Å². The number of thioether (sulfide) groups is 2. The number of rotatable bonds is 13. The summed E-state index contributed by atoms with van der Waals surface area (Å²) in [6.07, 6.45) is 4.68. The molecule has 0 rings (SSSR count). The minimum absolute atomic E-state index is 0.386. The second kappa shape index (κ2) is 13.7. The fraction of sp³-hybridized carbons (Fsp3) is 0.733. The lowest BCUT2D eigenvalue weighted by Gasteiger charge is -2.22. The summed E-state index contributed by atoms with van der Waals surface area (Å²) in [5, 5.41) is 15.9. The Morgan fingerprint density at radius 1 is 0.962 bits per heavy atom. The Kier molecular flexibility index (Phi) is 12.9. The molecule has 0 heterocycles. The van der Waals surface area contributed by atoms with Crippen molar-refractivity contribution in [3.05, 3.63) is 0 Å². The van der Waals surface area contributed by atoms with Crippen LogP contribution in [0.5, 0.6) is 0 Å². The van der Waals surface area contributed by atoms with Crippen molar-refractivity contribution in [3.8, 4) is 0 Å². The van der Waals surface area contributed by atoms with Crippen molar-refractivity contribution in [3.63, 3.8) is 0 Å². The van der Waals surface area contributed by atoms with Gasteiger partial charge in [0.15, 0.2) is 0 Å². The minimum atomic E-state index is -1.18. The fourth-order valence-electron chi connectivity index (χ4n) is 1.85. The van der Waals surface area contributed by atoms with Gasteiger partial charge in [-0.2, -0.15) is 23.5 Å². The predicted molar refractivity (Wildman–Crippen MR) is 104 cm³/mol. The molecule has 150 valence electrons. The van der Waals surface area contributed by atoms with Crippen LogP contribution in [0.4, 0.5) is 0 Å². The Labute approximate surface area is 162 Å². The number of carboxylic acids is 1. The zero-order chi connectivity index (χ0) is 20.1. The molecule has 0 aromatic rings. The summed E-state index contributed by atoms with van der Waals surface area (Å²) < 4.78 is 0. The highest BCUT2D eigenvalue weighted by atomic mass is 32.2. The quantitative estimate of drug-likeness (QED) is 0.261. The summed E-state index contributed by atoms with van der Waals surface area (Å²) in [5.41, 5.74) is 5.82. The molecular formula is C15H28N4O5S2. The SMILES string of the molecule is CSCCC(N)C(=O)NC(CCSC)C(=O)NC(C)C(=O)NCC(=O)O. The van der Waals surface area contributed by atoms with E-state index in [1.54, 1.807) is 11.8 Å². The second-order valence-electron chi connectivity index (χ2n) is 5.57. The molecule has 3 atom stereocenters. The Balaban J connectivity index is 4.73. The van der Waals surface area contributed by atoms with Crippen LogP contribution in [0.1, 0.15) is 19.8 Å². The van der Waals surface area contributed by atoms with E-state index in [1.165, 1.54) is 18.7 Å². The van der Waals surface area contributed by atoms with Gasteiger partial charge >= 0.3 is 5.97 Å². The molecule has 26 heavy (non-hydrogen) atoms. The van der Waals surface area contributed by atoms with Gasteiger partial charge in [0.1, 0.15) is 18.6 Å². The third-order valence-electron chi connectivity index (χ3n) is 3.38. The number of carboxylic acid groups (broad SMARTS) is 1. The van der Waals surface area contributed by atoms with Crippen molar-refractivity contribution in [2.75, 3.05) is 30.6 Å². The van der Waals surface area contributed by atoms with Gasteiger partial charge in [0.05, 0.1) is 6.04 Å². The molecule has 0 saturated carbocycles. The maximum absolute atomic E-state index is 12.4. The van der Waals surface area contributed by atoms with E-state index in [2.05, 4.69) is 16.0 Å². The van der Waals surface area contributed by atoms with E-state index in [-0.39, 0.29) is 0 Å². The molecular weight excluding hydrogens is 380 g/mol. The Bertz CT molecular complexity index is 493. The van der Waals surface area contributed by atoms with Gasteiger partial charge in [-0.25, -0.2) is 0 Å². The van der Waals surface area contributed by atoms with Crippen LogP contribution in [0.2, 0.25) is 0 Å². The van der Waals surface area contributed by atoms with Crippen LogP contribution < -0.4 is 21.7 Å². The lowest BCUT2D eigenvalue weighted by molar-refractivity contribution is -0.138. The smallest absolute Gasteiger partial charge is 0.322 e. The fourth-order valence-corrected chi connectivity index (χ4v) is 2.82. The maximum Gasteiger partial charge on any atom is 0.322 e. The van der Waals surface area contributed by atoms with Crippen molar-refractivity contribution >= 4 is 47.2 Å². The first-order chi connectivity index (χ1) is 12.2. The maximum atomic E-state index is 12.4. The number of nitrogens with one attached hydrogen (secondary N) is 3. The molecule has 0 spiro atoms. The summed E-state index contributed by atoms with van der Waals surface area (Å²) in [4.78, 5) is 46.8. The van der Waals surface area contributed by atoms with Crippen LogP contribution in [0.3, 0.4) is 0 Å². The van der Waals surface area contributed by atoms with Crippen LogP contribution in [0, 0.1) is 0 Å². The molecule has 0 aliphatic carbocycles. The van der Waals surface area contributed by atoms with E-state index < -0.39 is 48.4 Å². The van der Waals surface area contributed by atoms with Crippen LogP contribution >= 0.6 is 23.5 Å².